The van der Waals surface area contributed by atoms with Gasteiger partial charge in [-0.05, 0) is 17.5 Å². The van der Waals surface area contributed by atoms with Crippen LogP contribution < -0.4 is 5.32 Å². The highest BCUT2D eigenvalue weighted by atomic mass is 32.1. The Bertz CT molecular complexity index is 706. The minimum atomic E-state index is -0.0657. The highest BCUT2D eigenvalue weighted by Crippen LogP contribution is 2.22. The molecule has 8 heteroatoms. The van der Waals surface area contributed by atoms with E-state index in [1.807, 2.05) is 16.9 Å². The number of rotatable bonds is 6. The number of amides is 1. The number of morpholine rings is 1. The van der Waals surface area contributed by atoms with Gasteiger partial charge in [-0.3, -0.25) is 14.4 Å². The molecule has 0 bridgehead atoms. The lowest BCUT2D eigenvalue weighted by Crippen LogP contribution is -2.45. The molecule has 0 radical (unpaired) electrons. The van der Waals surface area contributed by atoms with E-state index in [0.29, 0.717) is 30.1 Å². The number of nitriles is 1. The van der Waals surface area contributed by atoms with Gasteiger partial charge >= 0.3 is 0 Å². The lowest BCUT2D eigenvalue weighted by molar-refractivity contribution is -0.117. The van der Waals surface area contributed by atoms with E-state index in [2.05, 4.69) is 21.4 Å². The Morgan fingerprint density at radius 3 is 3.29 bits per heavy atom. The van der Waals surface area contributed by atoms with E-state index in [-0.39, 0.29) is 12.0 Å². The van der Waals surface area contributed by atoms with Crippen LogP contribution in [0.15, 0.2) is 29.9 Å². The quantitative estimate of drug-likeness (QED) is 0.859. The van der Waals surface area contributed by atoms with Crippen LogP contribution >= 0.6 is 11.3 Å². The zero-order valence-electron chi connectivity index (χ0n) is 13.2. The van der Waals surface area contributed by atoms with Crippen molar-refractivity contribution < 1.29 is 9.53 Å². The summed E-state index contributed by atoms with van der Waals surface area (Å²) in [7, 11) is 0. The maximum Gasteiger partial charge on any atom is 0.226 e. The molecule has 0 saturated carbocycles. The fourth-order valence-corrected chi connectivity index (χ4v) is 3.41. The third-order valence-corrected chi connectivity index (χ3v) is 4.70. The SMILES string of the molecule is N#Cc1ccsc1NC(=O)CCN1CCOC(Cn2cccn2)C1. The number of nitrogens with one attached hydrogen (secondary N) is 1. The molecular formula is C16H19N5O2S. The van der Waals surface area contributed by atoms with E-state index in [1.165, 1.54) is 11.3 Å². The molecule has 126 valence electrons. The predicted octanol–water partition coefficient (Wildman–Crippen LogP) is 1.55. The highest BCUT2D eigenvalue weighted by molar-refractivity contribution is 7.14. The van der Waals surface area contributed by atoms with Crippen molar-refractivity contribution in [3.63, 3.8) is 0 Å². The topological polar surface area (TPSA) is 83.2 Å². The first-order chi connectivity index (χ1) is 11.7. The van der Waals surface area contributed by atoms with Crippen LogP contribution in [0.1, 0.15) is 12.0 Å². The second-order valence-corrected chi connectivity index (χ2v) is 6.51. The van der Waals surface area contributed by atoms with Gasteiger partial charge in [-0.25, -0.2) is 0 Å². The summed E-state index contributed by atoms with van der Waals surface area (Å²) in [5.74, 6) is -0.0657. The molecule has 1 aliphatic heterocycles. The van der Waals surface area contributed by atoms with E-state index in [0.717, 1.165) is 19.6 Å². The minimum Gasteiger partial charge on any atom is -0.374 e. The van der Waals surface area contributed by atoms with Crippen LogP contribution in [-0.2, 0) is 16.1 Å². The van der Waals surface area contributed by atoms with Crippen molar-refractivity contribution in [2.45, 2.75) is 19.1 Å². The molecule has 7 nitrogen and oxygen atoms in total. The zero-order valence-corrected chi connectivity index (χ0v) is 14.0. The molecule has 0 aromatic carbocycles. The molecule has 1 amide bonds. The van der Waals surface area contributed by atoms with E-state index in [1.54, 1.807) is 17.6 Å². The lowest BCUT2D eigenvalue weighted by atomic mass is 10.2. The van der Waals surface area contributed by atoms with Crippen molar-refractivity contribution in [2.24, 2.45) is 0 Å². The summed E-state index contributed by atoms with van der Waals surface area (Å²) < 4.78 is 7.63. The molecule has 2 aromatic rings. The smallest absolute Gasteiger partial charge is 0.226 e. The van der Waals surface area contributed by atoms with E-state index >= 15 is 0 Å². The van der Waals surface area contributed by atoms with Crippen LogP contribution in [0.3, 0.4) is 0 Å². The molecule has 0 spiro atoms. The van der Waals surface area contributed by atoms with Gasteiger partial charge in [0.15, 0.2) is 0 Å². The first kappa shape index (κ1) is 16.6. The molecule has 1 aliphatic rings. The van der Waals surface area contributed by atoms with Gasteiger partial charge in [0.2, 0.25) is 5.91 Å². The van der Waals surface area contributed by atoms with Crippen molar-refractivity contribution in [1.29, 1.82) is 5.26 Å². The Labute approximate surface area is 144 Å². The molecule has 3 rings (SSSR count). The maximum atomic E-state index is 12.1. The molecule has 1 atom stereocenters. The van der Waals surface area contributed by atoms with Gasteiger partial charge in [0.05, 0.1) is 24.8 Å². The molecule has 3 heterocycles. The average Bonchev–Trinajstić information content (AvgIpc) is 3.25. The zero-order chi connectivity index (χ0) is 16.8. The Morgan fingerprint density at radius 1 is 1.58 bits per heavy atom. The largest absolute Gasteiger partial charge is 0.374 e. The van der Waals surface area contributed by atoms with Crippen LogP contribution in [0.25, 0.3) is 0 Å². The van der Waals surface area contributed by atoms with Crippen molar-refractivity contribution in [2.75, 3.05) is 31.6 Å². The van der Waals surface area contributed by atoms with Crippen LogP contribution in [0.4, 0.5) is 5.00 Å². The number of nitrogens with zero attached hydrogens (tertiary/aromatic N) is 4. The third kappa shape index (κ3) is 4.41. The van der Waals surface area contributed by atoms with Crippen molar-refractivity contribution in [1.82, 2.24) is 14.7 Å². The van der Waals surface area contributed by atoms with Gasteiger partial charge in [-0.15, -0.1) is 11.3 Å². The fraction of sp³-hybridized carbons (Fsp3) is 0.438. The Morgan fingerprint density at radius 2 is 2.50 bits per heavy atom. The third-order valence-electron chi connectivity index (χ3n) is 3.87. The number of aromatic nitrogens is 2. The van der Waals surface area contributed by atoms with Gasteiger partial charge in [-0.2, -0.15) is 10.4 Å². The lowest BCUT2D eigenvalue weighted by Gasteiger charge is -2.32. The first-order valence-electron chi connectivity index (χ1n) is 7.83. The summed E-state index contributed by atoms with van der Waals surface area (Å²) >= 11 is 1.37. The Hall–Kier alpha value is -2.21. The monoisotopic (exact) mass is 345 g/mol. The average molecular weight is 345 g/mol. The second kappa shape index (κ2) is 8.06. The van der Waals surface area contributed by atoms with E-state index in [9.17, 15) is 4.79 Å². The highest BCUT2D eigenvalue weighted by Gasteiger charge is 2.21. The molecule has 1 N–H and O–H groups in total. The summed E-state index contributed by atoms with van der Waals surface area (Å²) in [6, 6.07) is 5.68. The number of carbonyl (C=O) groups excluding carboxylic acids is 1. The fourth-order valence-electron chi connectivity index (χ4n) is 2.65. The normalized spacial score (nSPS) is 18.2. The summed E-state index contributed by atoms with van der Waals surface area (Å²) in [5, 5.41) is 18.4. The maximum absolute atomic E-state index is 12.1. The first-order valence-corrected chi connectivity index (χ1v) is 8.71. The number of thiophene rings is 1. The number of ether oxygens (including phenoxy) is 1. The number of anilines is 1. The molecular weight excluding hydrogens is 326 g/mol. The van der Waals surface area contributed by atoms with Crippen molar-refractivity contribution in [3.8, 4) is 6.07 Å². The number of hydrogen-bond acceptors (Lipinski definition) is 6. The summed E-state index contributed by atoms with van der Waals surface area (Å²) in [6.07, 6.45) is 4.16. The van der Waals surface area contributed by atoms with E-state index in [4.69, 9.17) is 10.00 Å². The molecule has 24 heavy (non-hydrogen) atoms. The van der Waals surface area contributed by atoms with Gasteiger partial charge in [-0.1, -0.05) is 0 Å². The second-order valence-electron chi connectivity index (χ2n) is 5.59. The van der Waals surface area contributed by atoms with Gasteiger partial charge in [0.25, 0.3) is 0 Å². The molecule has 1 saturated heterocycles. The van der Waals surface area contributed by atoms with Gasteiger partial charge < -0.3 is 10.1 Å². The van der Waals surface area contributed by atoms with Crippen LogP contribution in [-0.4, -0.2) is 52.9 Å². The summed E-state index contributed by atoms with van der Waals surface area (Å²) in [5.41, 5.74) is 0.513. The minimum absolute atomic E-state index is 0.0657. The van der Waals surface area contributed by atoms with Crippen LogP contribution in [0.5, 0.6) is 0 Å². The van der Waals surface area contributed by atoms with Crippen LogP contribution in [0.2, 0.25) is 0 Å². The summed E-state index contributed by atoms with van der Waals surface area (Å²) in [4.78, 5) is 14.3. The molecule has 1 unspecified atom stereocenters. The van der Waals surface area contributed by atoms with Crippen molar-refractivity contribution in [3.05, 3.63) is 35.5 Å². The number of hydrogen-bond donors (Lipinski definition) is 1. The number of carbonyl (C=O) groups is 1. The molecule has 0 aliphatic carbocycles. The summed E-state index contributed by atoms with van der Waals surface area (Å²) in [6.45, 7) is 3.67. The Kier molecular flexibility index (Phi) is 5.59. The molecule has 1 fully saturated rings. The van der Waals surface area contributed by atoms with Crippen molar-refractivity contribution >= 4 is 22.2 Å². The molecule has 2 aromatic heterocycles. The van der Waals surface area contributed by atoms with E-state index < -0.39 is 0 Å². The van der Waals surface area contributed by atoms with Gasteiger partial charge in [0, 0.05) is 38.4 Å². The van der Waals surface area contributed by atoms with Crippen LogP contribution in [0, 0.1) is 11.3 Å². The predicted molar refractivity (Wildman–Crippen MR) is 90.7 cm³/mol. The standard InChI is InChI=1S/C16H19N5O2S/c17-10-13-3-9-24-16(13)19-15(22)2-6-20-7-8-23-14(11-20)12-21-5-1-4-18-21/h1,3-5,9,14H,2,6-8,11-12H2,(H,19,22). The Balaban J connectivity index is 1.44. The van der Waals surface area contributed by atoms with Gasteiger partial charge in [0.1, 0.15) is 11.1 Å².